The summed E-state index contributed by atoms with van der Waals surface area (Å²) in [5.74, 6) is -0.244. The summed E-state index contributed by atoms with van der Waals surface area (Å²) in [6.45, 7) is 2.78. The Hall–Kier alpha value is -1.42. The van der Waals surface area contributed by atoms with E-state index in [2.05, 4.69) is 0 Å². The van der Waals surface area contributed by atoms with E-state index in [0.29, 0.717) is 19.0 Å². The minimum Gasteiger partial charge on any atom is -0.508 e. The molecule has 2 N–H and O–H groups in total. The summed E-state index contributed by atoms with van der Waals surface area (Å²) in [7, 11) is 0. The fourth-order valence-corrected chi connectivity index (χ4v) is 1.58. The average Bonchev–Trinajstić information content (AvgIpc) is 2.25. The van der Waals surface area contributed by atoms with E-state index >= 15 is 0 Å². The molecule has 16 heavy (non-hydrogen) atoms. The van der Waals surface area contributed by atoms with Gasteiger partial charge in [-0.05, 0) is 19.1 Å². The molecule has 1 aromatic rings. The summed E-state index contributed by atoms with van der Waals surface area (Å²) in [5.41, 5.74) is 0.171. The molecule has 0 saturated carbocycles. The fourth-order valence-electron chi connectivity index (χ4n) is 1.38. The van der Waals surface area contributed by atoms with Gasteiger partial charge in [0.25, 0.3) is 5.91 Å². The molecule has 0 heterocycles. The van der Waals surface area contributed by atoms with Gasteiger partial charge in [-0.1, -0.05) is 0 Å². The standard InChI is InChI=1S/C11H14ClNO3/c1-2-13(6-5-12)11(16)9-4-3-8(14)7-10(9)15/h3-4,7,14-15H,2,5-6H2,1H3. The minimum atomic E-state index is -0.291. The van der Waals surface area contributed by atoms with Crippen molar-refractivity contribution in [1.82, 2.24) is 4.90 Å². The Labute approximate surface area is 99.1 Å². The van der Waals surface area contributed by atoms with Crippen LogP contribution in [0, 0.1) is 0 Å². The molecule has 0 unspecified atom stereocenters. The second-order valence-electron chi connectivity index (χ2n) is 3.28. The van der Waals surface area contributed by atoms with Crippen molar-refractivity contribution in [2.45, 2.75) is 6.92 Å². The normalized spacial score (nSPS) is 10.1. The molecule has 1 aromatic carbocycles. The first-order valence-corrected chi connectivity index (χ1v) is 5.50. The van der Waals surface area contributed by atoms with Crippen LogP contribution in [0.25, 0.3) is 0 Å². The average molecular weight is 244 g/mol. The zero-order valence-corrected chi connectivity index (χ0v) is 9.74. The number of phenolic OH excluding ortho intramolecular Hbond substituents is 2. The number of rotatable bonds is 4. The third-order valence-electron chi connectivity index (χ3n) is 2.24. The third-order valence-corrected chi connectivity index (χ3v) is 2.40. The highest BCUT2D eigenvalue weighted by molar-refractivity contribution is 6.18. The van der Waals surface area contributed by atoms with Gasteiger partial charge in [-0.3, -0.25) is 4.79 Å². The Balaban J connectivity index is 2.94. The molecule has 1 amide bonds. The van der Waals surface area contributed by atoms with Crippen molar-refractivity contribution in [3.63, 3.8) is 0 Å². The van der Waals surface area contributed by atoms with Gasteiger partial charge >= 0.3 is 0 Å². The van der Waals surface area contributed by atoms with Crippen molar-refractivity contribution in [2.24, 2.45) is 0 Å². The molecule has 0 aliphatic heterocycles. The molecular formula is C11H14ClNO3. The smallest absolute Gasteiger partial charge is 0.257 e. The van der Waals surface area contributed by atoms with Crippen LogP contribution >= 0.6 is 11.6 Å². The van der Waals surface area contributed by atoms with Crippen molar-refractivity contribution in [3.05, 3.63) is 23.8 Å². The molecule has 0 saturated heterocycles. The molecule has 0 aliphatic carbocycles. The van der Waals surface area contributed by atoms with E-state index < -0.39 is 0 Å². The molecule has 0 aliphatic rings. The highest BCUT2D eigenvalue weighted by atomic mass is 35.5. The van der Waals surface area contributed by atoms with Gasteiger partial charge in [-0.15, -0.1) is 11.6 Å². The Morgan fingerprint density at radius 1 is 1.44 bits per heavy atom. The summed E-state index contributed by atoms with van der Waals surface area (Å²) < 4.78 is 0. The quantitative estimate of drug-likeness (QED) is 0.793. The van der Waals surface area contributed by atoms with E-state index in [9.17, 15) is 9.90 Å². The first-order chi connectivity index (χ1) is 7.60. The number of phenols is 2. The second kappa shape index (κ2) is 5.61. The maximum absolute atomic E-state index is 11.9. The predicted octanol–water partition coefficient (Wildman–Crippen LogP) is 1.80. The van der Waals surface area contributed by atoms with Crippen LogP contribution < -0.4 is 0 Å². The van der Waals surface area contributed by atoms with Crippen LogP contribution in [-0.4, -0.2) is 40.0 Å². The highest BCUT2D eigenvalue weighted by Crippen LogP contribution is 2.23. The van der Waals surface area contributed by atoms with E-state index in [-0.39, 0.29) is 23.0 Å². The summed E-state index contributed by atoms with van der Waals surface area (Å²) in [4.78, 5) is 13.5. The number of halogens is 1. The minimum absolute atomic E-state index is 0.0746. The van der Waals surface area contributed by atoms with Gasteiger partial charge in [-0.25, -0.2) is 0 Å². The third kappa shape index (κ3) is 2.79. The fraction of sp³-hybridized carbons (Fsp3) is 0.364. The molecular weight excluding hydrogens is 230 g/mol. The molecule has 4 nitrogen and oxygen atoms in total. The second-order valence-corrected chi connectivity index (χ2v) is 3.65. The van der Waals surface area contributed by atoms with Gasteiger partial charge in [0.2, 0.25) is 0 Å². The van der Waals surface area contributed by atoms with Crippen LogP contribution in [0.15, 0.2) is 18.2 Å². The molecule has 0 aromatic heterocycles. The first kappa shape index (κ1) is 12.6. The SMILES string of the molecule is CCN(CCCl)C(=O)c1ccc(O)cc1O. The number of alkyl halides is 1. The van der Waals surface area contributed by atoms with Crippen LogP contribution in [-0.2, 0) is 0 Å². The Morgan fingerprint density at radius 2 is 2.12 bits per heavy atom. The van der Waals surface area contributed by atoms with Gasteiger partial charge in [-0.2, -0.15) is 0 Å². The van der Waals surface area contributed by atoms with Crippen molar-refractivity contribution in [1.29, 1.82) is 0 Å². The van der Waals surface area contributed by atoms with Crippen molar-refractivity contribution in [3.8, 4) is 11.5 Å². The maximum atomic E-state index is 11.9. The van der Waals surface area contributed by atoms with Gasteiger partial charge in [0.15, 0.2) is 0 Å². The summed E-state index contributed by atoms with van der Waals surface area (Å²) in [6, 6.07) is 3.90. The molecule has 1 rings (SSSR count). The Kier molecular flexibility index (Phi) is 4.43. The number of nitrogens with zero attached hydrogens (tertiary/aromatic N) is 1. The lowest BCUT2D eigenvalue weighted by molar-refractivity contribution is 0.0771. The molecule has 5 heteroatoms. The predicted molar refractivity (Wildman–Crippen MR) is 62.1 cm³/mol. The summed E-state index contributed by atoms with van der Waals surface area (Å²) in [6.07, 6.45) is 0. The van der Waals surface area contributed by atoms with Crippen molar-refractivity contribution >= 4 is 17.5 Å². The summed E-state index contributed by atoms with van der Waals surface area (Å²) in [5, 5.41) is 18.6. The number of aromatic hydroxyl groups is 2. The van der Waals surface area contributed by atoms with Crippen LogP contribution in [0.5, 0.6) is 11.5 Å². The summed E-state index contributed by atoms with van der Waals surface area (Å²) >= 11 is 5.58. The molecule has 0 spiro atoms. The van der Waals surface area contributed by atoms with Gasteiger partial charge in [0.05, 0.1) is 5.56 Å². The zero-order valence-electron chi connectivity index (χ0n) is 8.98. The lowest BCUT2D eigenvalue weighted by Crippen LogP contribution is -2.32. The molecule has 0 bridgehead atoms. The highest BCUT2D eigenvalue weighted by Gasteiger charge is 2.17. The lowest BCUT2D eigenvalue weighted by Gasteiger charge is -2.20. The van der Waals surface area contributed by atoms with E-state index in [0.717, 1.165) is 6.07 Å². The van der Waals surface area contributed by atoms with Crippen molar-refractivity contribution in [2.75, 3.05) is 19.0 Å². The zero-order chi connectivity index (χ0) is 12.1. The van der Waals surface area contributed by atoms with Gasteiger partial charge in [0.1, 0.15) is 11.5 Å². The maximum Gasteiger partial charge on any atom is 0.257 e. The number of carbonyl (C=O) groups excluding carboxylic acids is 1. The largest absolute Gasteiger partial charge is 0.508 e. The van der Waals surface area contributed by atoms with Gasteiger partial charge in [0, 0.05) is 25.0 Å². The molecule has 0 fully saturated rings. The lowest BCUT2D eigenvalue weighted by atomic mass is 10.1. The van der Waals surface area contributed by atoms with E-state index in [1.807, 2.05) is 6.92 Å². The molecule has 0 radical (unpaired) electrons. The first-order valence-electron chi connectivity index (χ1n) is 4.97. The Morgan fingerprint density at radius 3 is 2.62 bits per heavy atom. The number of amides is 1. The van der Waals surface area contributed by atoms with Gasteiger partial charge < -0.3 is 15.1 Å². The number of hydrogen-bond donors (Lipinski definition) is 2. The molecule has 0 atom stereocenters. The van der Waals surface area contributed by atoms with Crippen LogP contribution in [0.3, 0.4) is 0 Å². The Bertz CT molecular complexity index is 381. The monoisotopic (exact) mass is 243 g/mol. The van der Waals surface area contributed by atoms with Crippen LogP contribution in [0.2, 0.25) is 0 Å². The van der Waals surface area contributed by atoms with E-state index in [1.165, 1.54) is 17.0 Å². The van der Waals surface area contributed by atoms with E-state index in [4.69, 9.17) is 16.7 Å². The number of benzene rings is 1. The van der Waals surface area contributed by atoms with Crippen molar-refractivity contribution < 1.29 is 15.0 Å². The van der Waals surface area contributed by atoms with E-state index in [1.54, 1.807) is 0 Å². The number of carbonyl (C=O) groups is 1. The van der Waals surface area contributed by atoms with Crippen LogP contribution in [0.4, 0.5) is 0 Å². The topological polar surface area (TPSA) is 60.8 Å². The molecule has 88 valence electrons. The number of hydrogen-bond acceptors (Lipinski definition) is 3. The van der Waals surface area contributed by atoms with Crippen LogP contribution in [0.1, 0.15) is 17.3 Å².